The molecule has 0 heterocycles. The van der Waals surface area contributed by atoms with Crippen LogP contribution in [-0.2, 0) is 12.8 Å². The van der Waals surface area contributed by atoms with Crippen LogP contribution in [0, 0.1) is 0 Å². The zero-order valence-electron chi connectivity index (χ0n) is 17.9. The zero-order valence-corrected chi connectivity index (χ0v) is 20.2. The molecule has 6 nitrogen and oxygen atoms in total. The fraction of sp³-hybridized carbons (Fsp3) is 0.409. The minimum atomic E-state index is 0. The summed E-state index contributed by atoms with van der Waals surface area (Å²) in [6.07, 6.45) is 1.81. The van der Waals surface area contributed by atoms with E-state index in [4.69, 9.17) is 14.2 Å². The molecule has 29 heavy (non-hydrogen) atoms. The molecule has 0 fully saturated rings. The molecule has 1 N–H and O–H groups in total. The Hall–Kier alpha value is -2.16. The smallest absolute Gasteiger partial charge is 0.193 e. The SMILES string of the molecule is CN=C(NCCc1ccc(OC)cc1)N(C)CCc1ccc(OC)c(OC)c1.I. The molecule has 2 rings (SSSR count). The maximum absolute atomic E-state index is 5.38. The van der Waals surface area contributed by atoms with Crippen molar-refractivity contribution in [2.45, 2.75) is 12.8 Å². The second-order valence-electron chi connectivity index (χ2n) is 6.43. The van der Waals surface area contributed by atoms with E-state index < -0.39 is 0 Å². The van der Waals surface area contributed by atoms with Gasteiger partial charge in [-0.25, -0.2) is 0 Å². The average molecular weight is 513 g/mol. The minimum Gasteiger partial charge on any atom is -0.497 e. The first-order chi connectivity index (χ1) is 13.6. The number of hydrogen-bond donors (Lipinski definition) is 1. The number of methoxy groups -OCH3 is 3. The number of halogens is 1. The summed E-state index contributed by atoms with van der Waals surface area (Å²) in [5, 5.41) is 3.42. The van der Waals surface area contributed by atoms with Crippen molar-refractivity contribution in [1.82, 2.24) is 10.2 Å². The molecule has 0 amide bonds. The lowest BCUT2D eigenvalue weighted by atomic mass is 10.1. The Morgan fingerprint density at radius 2 is 1.55 bits per heavy atom. The van der Waals surface area contributed by atoms with Gasteiger partial charge in [-0.2, -0.15) is 0 Å². The Balaban J connectivity index is 0.00000420. The highest BCUT2D eigenvalue weighted by Gasteiger charge is 2.08. The van der Waals surface area contributed by atoms with Crippen LogP contribution in [0.25, 0.3) is 0 Å². The summed E-state index contributed by atoms with van der Waals surface area (Å²) in [7, 11) is 8.83. The first-order valence-corrected chi connectivity index (χ1v) is 9.37. The lowest BCUT2D eigenvalue weighted by Gasteiger charge is -2.22. The molecule has 0 saturated carbocycles. The predicted molar refractivity (Wildman–Crippen MR) is 129 cm³/mol. The van der Waals surface area contributed by atoms with E-state index in [1.807, 2.05) is 38.4 Å². The topological polar surface area (TPSA) is 55.3 Å². The Bertz CT molecular complexity index is 766. The molecule has 0 radical (unpaired) electrons. The van der Waals surface area contributed by atoms with Gasteiger partial charge < -0.3 is 24.4 Å². The number of hydrogen-bond acceptors (Lipinski definition) is 4. The van der Waals surface area contributed by atoms with Gasteiger partial charge >= 0.3 is 0 Å². The van der Waals surface area contributed by atoms with E-state index in [2.05, 4.69) is 33.4 Å². The third-order valence-electron chi connectivity index (χ3n) is 4.61. The molecule has 0 atom stereocenters. The van der Waals surface area contributed by atoms with Gasteiger partial charge in [-0.05, 0) is 48.2 Å². The number of ether oxygens (including phenoxy) is 3. The van der Waals surface area contributed by atoms with Crippen molar-refractivity contribution in [3.8, 4) is 17.2 Å². The molecule has 0 aromatic heterocycles. The number of likely N-dealkylation sites (N-methyl/N-ethyl adjacent to an activating group) is 1. The molecule has 2 aromatic rings. The third kappa shape index (κ3) is 7.64. The third-order valence-corrected chi connectivity index (χ3v) is 4.61. The number of benzene rings is 2. The first-order valence-electron chi connectivity index (χ1n) is 9.37. The van der Waals surface area contributed by atoms with Gasteiger partial charge in [0.1, 0.15) is 5.75 Å². The largest absolute Gasteiger partial charge is 0.497 e. The Labute approximate surface area is 191 Å². The molecule has 0 bridgehead atoms. The second-order valence-corrected chi connectivity index (χ2v) is 6.43. The van der Waals surface area contributed by atoms with Gasteiger partial charge in [-0.1, -0.05) is 18.2 Å². The summed E-state index contributed by atoms with van der Waals surface area (Å²) in [5.74, 6) is 3.26. The van der Waals surface area contributed by atoms with Crippen molar-refractivity contribution in [2.75, 3.05) is 48.5 Å². The van der Waals surface area contributed by atoms with Crippen LogP contribution in [0.1, 0.15) is 11.1 Å². The summed E-state index contributed by atoms with van der Waals surface area (Å²) in [6, 6.07) is 14.2. The molecule has 0 spiro atoms. The Morgan fingerprint density at radius 1 is 0.897 bits per heavy atom. The van der Waals surface area contributed by atoms with Crippen LogP contribution in [0.15, 0.2) is 47.5 Å². The first kappa shape index (κ1) is 24.9. The molecule has 0 saturated heterocycles. The average Bonchev–Trinajstić information content (AvgIpc) is 2.75. The van der Waals surface area contributed by atoms with Crippen LogP contribution >= 0.6 is 24.0 Å². The van der Waals surface area contributed by atoms with Gasteiger partial charge in [-0.15, -0.1) is 24.0 Å². The van der Waals surface area contributed by atoms with E-state index in [9.17, 15) is 0 Å². The number of rotatable bonds is 9. The van der Waals surface area contributed by atoms with Crippen molar-refractivity contribution in [3.63, 3.8) is 0 Å². The number of nitrogens with zero attached hydrogens (tertiary/aromatic N) is 2. The molecule has 0 aliphatic carbocycles. The van der Waals surface area contributed by atoms with Crippen molar-refractivity contribution in [3.05, 3.63) is 53.6 Å². The van der Waals surface area contributed by atoms with Crippen LogP contribution in [0.4, 0.5) is 0 Å². The zero-order chi connectivity index (χ0) is 20.4. The van der Waals surface area contributed by atoms with Gasteiger partial charge in [0.2, 0.25) is 0 Å². The standard InChI is InChI=1S/C22H31N3O3.HI/c1-23-22(24-14-12-17-6-9-19(26-3)10-7-17)25(2)15-13-18-8-11-20(27-4)21(16-18)28-5;/h6-11,16H,12-15H2,1-5H3,(H,23,24);1H. The Kier molecular flexibility index (Phi) is 11.3. The predicted octanol–water partition coefficient (Wildman–Crippen LogP) is 3.62. The van der Waals surface area contributed by atoms with Gasteiger partial charge in [0.15, 0.2) is 17.5 Å². The summed E-state index contributed by atoms with van der Waals surface area (Å²) in [6.45, 7) is 1.66. The van der Waals surface area contributed by atoms with Crippen LogP contribution < -0.4 is 19.5 Å². The van der Waals surface area contributed by atoms with E-state index in [1.165, 1.54) is 11.1 Å². The highest BCUT2D eigenvalue weighted by atomic mass is 127. The van der Waals surface area contributed by atoms with E-state index in [0.717, 1.165) is 49.1 Å². The minimum absolute atomic E-state index is 0. The van der Waals surface area contributed by atoms with Crippen molar-refractivity contribution >= 4 is 29.9 Å². The van der Waals surface area contributed by atoms with E-state index in [0.29, 0.717) is 0 Å². The molecule has 0 aliphatic heterocycles. The number of nitrogens with one attached hydrogen (secondary N) is 1. The van der Waals surface area contributed by atoms with Crippen molar-refractivity contribution in [2.24, 2.45) is 4.99 Å². The van der Waals surface area contributed by atoms with Crippen LogP contribution in [0.2, 0.25) is 0 Å². The maximum atomic E-state index is 5.38. The van der Waals surface area contributed by atoms with E-state index >= 15 is 0 Å². The lowest BCUT2D eigenvalue weighted by molar-refractivity contribution is 0.354. The molecule has 0 aliphatic rings. The van der Waals surface area contributed by atoms with Crippen molar-refractivity contribution < 1.29 is 14.2 Å². The van der Waals surface area contributed by atoms with E-state index in [-0.39, 0.29) is 24.0 Å². The number of aliphatic imine (C=N–C) groups is 1. The number of guanidine groups is 1. The van der Waals surface area contributed by atoms with Gasteiger partial charge in [-0.3, -0.25) is 4.99 Å². The summed E-state index contributed by atoms with van der Waals surface area (Å²) >= 11 is 0. The van der Waals surface area contributed by atoms with Gasteiger partial charge in [0.25, 0.3) is 0 Å². The van der Waals surface area contributed by atoms with Crippen molar-refractivity contribution in [1.29, 1.82) is 0 Å². The molecule has 0 unspecified atom stereocenters. The monoisotopic (exact) mass is 513 g/mol. The molecule has 2 aromatic carbocycles. The lowest BCUT2D eigenvalue weighted by Crippen LogP contribution is -2.40. The molecular weight excluding hydrogens is 481 g/mol. The van der Waals surface area contributed by atoms with Gasteiger partial charge in [0, 0.05) is 27.2 Å². The Morgan fingerprint density at radius 3 is 2.14 bits per heavy atom. The van der Waals surface area contributed by atoms with Gasteiger partial charge in [0.05, 0.1) is 21.3 Å². The quantitative estimate of drug-likeness (QED) is 0.316. The van der Waals surface area contributed by atoms with Crippen LogP contribution in [0.5, 0.6) is 17.2 Å². The fourth-order valence-corrected chi connectivity index (χ4v) is 2.93. The van der Waals surface area contributed by atoms with Crippen LogP contribution in [0.3, 0.4) is 0 Å². The summed E-state index contributed by atoms with van der Waals surface area (Å²) in [5.41, 5.74) is 2.45. The molecule has 160 valence electrons. The second kappa shape index (κ2) is 13.1. The van der Waals surface area contributed by atoms with Crippen LogP contribution in [-0.4, -0.2) is 59.4 Å². The highest BCUT2D eigenvalue weighted by Crippen LogP contribution is 2.27. The summed E-state index contributed by atoms with van der Waals surface area (Å²) < 4.78 is 15.9. The van der Waals surface area contributed by atoms with E-state index in [1.54, 1.807) is 21.3 Å². The maximum Gasteiger partial charge on any atom is 0.193 e. The molecular formula is C22H32IN3O3. The summed E-state index contributed by atoms with van der Waals surface area (Å²) in [4.78, 5) is 6.52. The molecule has 7 heteroatoms. The normalized spacial score (nSPS) is 10.7. The fourth-order valence-electron chi connectivity index (χ4n) is 2.93. The highest BCUT2D eigenvalue weighted by molar-refractivity contribution is 14.0.